The van der Waals surface area contributed by atoms with Crippen molar-refractivity contribution in [2.75, 3.05) is 6.61 Å². The highest BCUT2D eigenvalue weighted by atomic mass is 16.5. The van der Waals surface area contributed by atoms with Crippen molar-refractivity contribution in [1.82, 2.24) is 0 Å². The Bertz CT molecular complexity index is 449. The number of rotatable bonds is 11. The van der Waals surface area contributed by atoms with Crippen LogP contribution in [0.1, 0.15) is 91.4 Å². The molecule has 4 heteroatoms. The van der Waals surface area contributed by atoms with E-state index in [9.17, 15) is 14.7 Å². The van der Waals surface area contributed by atoms with E-state index in [4.69, 9.17) is 4.74 Å². The Morgan fingerprint density at radius 1 is 1.08 bits per heavy atom. The van der Waals surface area contributed by atoms with Gasteiger partial charge in [-0.1, -0.05) is 65.4 Å². The number of carbonyl (C=O) groups excluding carboxylic acids is 1. The van der Waals surface area contributed by atoms with E-state index in [0.29, 0.717) is 19.4 Å². The molecule has 0 bridgehead atoms. The van der Waals surface area contributed by atoms with Crippen LogP contribution in [0, 0.1) is 11.3 Å². The first-order valence-electron chi connectivity index (χ1n) is 10.2. The smallest absolute Gasteiger partial charge is 0.332 e. The first kappa shape index (κ1) is 21.7. The van der Waals surface area contributed by atoms with E-state index in [0.717, 1.165) is 51.4 Å². The van der Waals surface area contributed by atoms with Crippen LogP contribution in [0.25, 0.3) is 0 Å². The van der Waals surface area contributed by atoms with Crippen LogP contribution in [0.5, 0.6) is 0 Å². The lowest BCUT2D eigenvalue weighted by molar-refractivity contribution is -0.161. The van der Waals surface area contributed by atoms with Gasteiger partial charge in [-0.05, 0) is 38.0 Å². The lowest BCUT2D eigenvalue weighted by atomic mass is 9.62. The van der Waals surface area contributed by atoms with Gasteiger partial charge in [0.15, 0.2) is 0 Å². The van der Waals surface area contributed by atoms with Crippen molar-refractivity contribution in [3.63, 3.8) is 0 Å². The summed E-state index contributed by atoms with van der Waals surface area (Å²) in [6.45, 7) is 6.45. The molecule has 0 spiro atoms. The number of ether oxygens (including phenoxy) is 1. The summed E-state index contributed by atoms with van der Waals surface area (Å²) in [5.74, 6) is -1.19. The predicted octanol–water partition coefficient (Wildman–Crippen LogP) is 5.51. The maximum atomic E-state index is 13.2. The monoisotopic (exact) mass is 352 g/mol. The van der Waals surface area contributed by atoms with Gasteiger partial charge in [0.25, 0.3) is 0 Å². The molecular weight excluding hydrogens is 316 g/mol. The molecule has 0 aromatic heterocycles. The maximum Gasteiger partial charge on any atom is 0.332 e. The molecule has 4 nitrogen and oxygen atoms in total. The van der Waals surface area contributed by atoms with Crippen LogP contribution in [-0.2, 0) is 14.3 Å². The molecule has 1 N–H and O–H groups in total. The number of allylic oxidation sites excluding steroid dienone is 1. The Morgan fingerprint density at radius 2 is 1.72 bits per heavy atom. The highest BCUT2D eigenvalue weighted by molar-refractivity contribution is 5.97. The van der Waals surface area contributed by atoms with Crippen molar-refractivity contribution in [3.8, 4) is 0 Å². The average Bonchev–Trinajstić information content (AvgIpc) is 2.62. The van der Waals surface area contributed by atoms with E-state index in [2.05, 4.69) is 13.8 Å². The third-order valence-corrected chi connectivity index (χ3v) is 5.44. The first-order chi connectivity index (χ1) is 12.0. The number of aliphatic carboxylic acids is 1. The summed E-state index contributed by atoms with van der Waals surface area (Å²) in [6.07, 6.45) is 11.6. The van der Waals surface area contributed by atoms with Crippen LogP contribution in [0.4, 0.5) is 0 Å². The lowest BCUT2D eigenvalue weighted by Gasteiger charge is -2.41. The zero-order chi connectivity index (χ0) is 18.7. The average molecular weight is 353 g/mol. The van der Waals surface area contributed by atoms with Gasteiger partial charge in [-0.15, -0.1) is 0 Å². The van der Waals surface area contributed by atoms with E-state index < -0.39 is 11.4 Å². The SMILES string of the molecule is CCC=C(C(=O)O)C(CCCC)(C(=O)OCCCC)C1CCCCC1. The van der Waals surface area contributed by atoms with Gasteiger partial charge < -0.3 is 9.84 Å². The van der Waals surface area contributed by atoms with E-state index >= 15 is 0 Å². The molecule has 25 heavy (non-hydrogen) atoms. The molecule has 1 aliphatic carbocycles. The van der Waals surface area contributed by atoms with Crippen LogP contribution >= 0.6 is 0 Å². The summed E-state index contributed by atoms with van der Waals surface area (Å²) in [5.41, 5.74) is -0.705. The minimum absolute atomic E-state index is 0.0795. The standard InChI is InChI=1S/C21H36O4/c1-4-7-15-21(17-13-10-9-11-14-17,18(12-6-3)19(22)23)20(24)25-16-8-5-2/h12,17H,4-11,13-16H2,1-3H3,(H,22,23). The molecule has 144 valence electrons. The normalized spacial score (nSPS) is 18.6. The quantitative estimate of drug-likeness (QED) is 0.303. The number of carbonyl (C=O) groups is 2. The fourth-order valence-electron chi connectivity index (χ4n) is 4.09. The van der Waals surface area contributed by atoms with E-state index in [1.165, 1.54) is 6.42 Å². The van der Waals surface area contributed by atoms with Crippen molar-refractivity contribution in [3.05, 3.63) is 11.6 Å². The van der Waals surface area contributed by atoms with Gasteiger partial charge in [0.2, 0.25) is 0 Å². The second kappa shape index (κ2) is 11.3. The number of carboxylic acid groups (broad SMARTS) is 1. The van der Waals surface area contributed by atoms with Crippen LogP contribution in [0.15, 0.2) is 11.6 Å². The van der Waals surface area contributed by atoms with Crippen LogP contribution in [0.3, 0.4) is 0 Å². The van der Waals surface area contributed by atoms with Crippen LogP contribution in [0.2, 0.25) is 0 Å². The molecule has 0 saturated heterocycles. The number of hydrogen-bond donors (Lipinski definition) is 1. The molecule has 0 amide bonds. The molecule has 1 atom stereocenters. The molecule has 0 aliphatic heterocycles. The van der Waals surface area contributed by atoms with Gasteiger partial charge >= 0.3 is 11.9 Å². The van der Waals surface area contributed by atoms with Crippen molar-refractivity contribution in [2.24, 2.45) is 11.3 Å². The summed E-state index contributed by atoms with van der Waals surface area (Å²) in [7, 11) is 0. The number of esters is 1. The highest BCUT2D eigenvalue weighted by Gasteiger charge is 2.51. The molecule has 1 saturated carbocycles. The summed E-state index contributed by atoms with van der Waals surface area (Å²) >= 11 is 0. The highest BCUT2D eigenvalue weighted by Crippen LogP contribution is 2.48. The minimum atomic E-state index is -0.980. The molecule has 0 aromatic rings. The van der Waals surface area contributed by atoms with Gasteiger partial charge in [-0.2, -0.15) is 0 Å². The number of carboxylic acids is 1. The van der Waals surface area contributed by atoms with Gasteiger partial charge in [0.05, 0.1) is 12.2 Å². The largest absolute Gasteiger partial charge is 0.478 e. The summed E-state index contributed by atoms with van der Waals surface area (Å²) in [6, 6.07) is 0. The number of unbranched alkanes of at least 4 members (excludes halogenated alkanes) is 2. The predicted molar refractivity (Wildman–Crippen MR) is 100 cm³/mol. The molecule has 1 aliphatic rings. The van der Waals surface area contributed by atoms with Crippen molar-refractivity contribution in [2.45, 2.75) is 91.4 Å². The van der Waals surface area contributed by atoms with Gasteiger partial charge in [-0.25, -0.2) is 4.79 Å². The van der Waals surface area contributed by atoms with Crippen molar-refractivity contribution >= 4 is 11.9 Å². The van der Waals surface area contributed by atoms with Crippen LogP contribution in [-0.4, -0.2) is 23.7 Å². The second-order valence-electron chi connectivity index (χ2n) is 7.23. The van der Waals surface area contributed by atoms with E-state index in [1.54, 1.807) is 6.08 Å². The Morgan fingerprint density at radius 3 is 2.24 bits per heavy atom. The molecule has 1 fully saturated rings. The fourth-order valence-corrected chi connectivity index (χ4v) is 4.09. The first-order valence-corrected chi connectivity index (χ1v) is 10.2. The second-order valence-corrected chi connectivity index (χ2v) is 7.23. The molecule has 1 unspecified atom stereocenters. The lowest BCUT2D eigenvalue weighted by Crippen LogP contribution is -2.45. The topological polar surface area (TPSA) is 63.6 Å². The third kappa shape index (κ3) is 5.58. The Kier molecular flexibility index (Phi) is 9.84. The van der Waals surface area contributed by atoms with Crippen molar-refractivity contribution < 1.29 is 19.4 Å². The zero-order valence-electron chi connectivity index (χ0n) is 16.3. The summed E-state index contributed by atoms with van der Waals surface area (Å²) in [5, 5.41) is 9.91. The Hall–Kier alpha value is -1.32. The van der Waals surface area contributed by atoms with Gasteiger partial charge in [-0.3, -0.25) is 4.79 Å². The number of hydrogen-bond acceptors (Lipinski definition) is 3. The third-order valence-electron chi connectivity index (χ3n) is 5.44. The van der Waals surface area contributed by atoms with Crippen LogP contribution < -0.4 is 0 Å². The molecular formula is C21H36O4. The zero-order valence-corrected chi connectivity index (χ0v) is 16.3. The molecule has 0 radical (unpaired) electrons. The van der Waals surface area contributed by atoms with Gasteiger partial charge in [0.1, 0.15) is 5.41 Å². The Labute approximate surface area is 153 Å². The fraction of sp³-hybridized carbons (Fsp3) is 0.810. The van der Waals surface area contributed by atoms with E-state index in [-0.39, 0.29) is 17.5 Å². The Balaban J connectivity index is 3.31. The molecule has 0 heterocycles. The van der Waals surface area contributed by atoms with Gasteiger partial charge in [0, 0.05) is 0 Å². The van der Waals surface area contributed by atoms with E-state index in [1.807, 2.05) is 6.92 Å². The van der Waals surface area contributed by atoms with Crippen molar-refractivity contribution in [1.29, 1.82) is 0 Å². The summed E-state index contributed by atoms with van der Waals surface area (Å²) in [4.78, 5) is 25.3. The summed E-state index contributed by atoms with van der Waals surface area (Å²) < 4.78 is 5.63. The molecule has 1 rings (SSSR count). The molecule has 0 aromatic carbocycles. The maximum absolute atomic E-state index is 13.2. The minimum Gasteiger partial charge on any atom is -0.478 e.